The highest BCUT2D eigenvalue weighted by Gasteiger charge is 2.27. The molecule has 0 radical (unpaired) electrons. The van der Waals surface area contributed by atoms with Crippen LogP contribution in [0.15, 0.2) is 66.9 Å². The van der Waals surface area contributed by atoms with Crippen LogP contribution in [0.1, 0.15) is 55.3 Å². The molecule has 0 aliphatic carbocycles. The number of carbonyl (C=O) groups excluding carboxylic acids is 1. The Morgan fingerprint density at radius 1 is 0.966 bits per heavy atom. The Morgan fingerprint density at radius 3 is 2.10 bits per heavy atom. The third-order valence-corrected chi connectivity index (χ3v) is 5.08. The molecule has 0 N–H and O–H groups in total. The summed E-state index contributed by atoms with van der Waals surface area (Å²) >= 11 is 0. The molecule has 1 aromatic heterocycles. The first-order valence-electron chi connectivity index (χ1n) is 10.3. The molecule has 0 aliphatic heterocycles. The van der Waals surface area contributed by atoms with Gasteiger partial charge in [-0.3, -0.25) is 9.48 Å². The molecular formula is C24H29N3O2. The van der Waals surface area contributed by atoms with Gasteiger partial charge >= 0.3 is 5.97 Å². The second kappa shape index (κ2) is 10.6. The summed E-state index contributed by atoms with van der Waals surface area (Å²) < 4.78 is 7.56. The number of benzene rings is 2. The molecule has 0 saturated heterocycles. The van der Waals surface area contributed by atoms with E-state index in [0.717, 1.165) is 37.8 Å². The molecule has 3 rings (SSSR count). The maximum absolute atomic E-state index is 11.9. The summed E-state index contributed by atoms with van der Waals surface area (Å²) in [5.41, 5.74) is 3.37. The minimum absolute atomic E-state index is 0.0290. The van der Waals surface area contributed by atoms with Gasteiger partial charge in [0.1, 0.15) is 6.10 Å². The van der Waals surface area contributed by atoms with Gasteiger partial charge in [-0.1, -0.05) is 72.3 Å². The van der Waals surface area contributed by atoms with Gasteiger partial charge in [0.2, 0.25) is 0 Å². The smallest absolute Gasteiger partial charge is 0.302 e. The maximum atomic E-state index is 11.9. The highest BCUT2D eigenvalue weighted by Crippen LogP contribution is 2.32. The number of nitrogens with zero attached hydrogens (tertiary/aromatic N) is 3. The Kier molecular flexibility index (Phi) is 7.56. The number of aromatic nitrogens is 3. The van der Waals surface area contributed by atoms with Gasteiger partial charge in [-0.25, -0.2) is 0 Å². The predicted molar refractivity (Wildman–Crippen MR) is 113 cm³/mol. The van der Waals surface area contributed by atoms with E-state index in [0.29, 0.717) is 0 Å². The first kappa shape index (κ1) is 20.8. The van der Waals surface area contributed by atoms with Crippen LogP contribution in [-0.2, 0) is 23.0 Å². The fourth-order valence-corrected chi connectivity index (χ4v) is 3.79. The number of ether oxygens (including phenoxy) is 1. The zero-order valence-electron chi connectivity index (χ0n) is 17.2. The van der Waals surface area contributed by atoms with Crippen LogP contribution in [0.3, 0.4) is 0 Å². The Morgan fingerprint density at radius 2 is 1.59 bits per heavy atom. The molecule has 3 aromatic rings. The van der Waals surface area contributed by atoms with Crippen molar-refractivity contribution in [1.82, 2.24) is 15.0 Å². The van der Waals surface area contributed by atoms with Crippen molar-refractivity contribution in [2.75, 3.05) is 0 Å². The first-order valence-corrected chi connectivity index (χ1v) is 10.3. The van der Waals surface area contributed by atoms with Crippen LogP contribution in [0.4, 0.5) is 0 Å². The van der Waals surface area contributed by atoms with Gasteiger partial charge in [0.15, 0.2) is 0 Å². The Labute approximate surface area is 172 Å². The summed E-state index contributed by atoms with van der Waals surface area (Å²) in [5, 5.41) is 8.12. The molecule has 5 heteroatoms. The van der Waals surface area contributed by atoms with Crippen LogP contribution in [0.25, 0.3) is 0 Å². The molecule has 5 nitrogen and oxygen atoms in total. The van der Waals surface area contributed by atoms with Gasteiger partial charge in [-0.2, -0.15) is 0 Å². The summed E-state index contributed by atoms with van der Waals surface area (Å²) in [6, 6.07) is 20.6. The maximum Gasteiger partial charge on any atom is 0.302 e. The molecular weight excluding hydrogens is 362 g/mol. The fourth-order valence-electron chi connectivity index (χ4n) is 3.79. The molecule has 1 heterocycles. The summed E-state index contributed by atoms with van der Waals surface area (Å²) in [6.45, 7) is 1.49. The molecule has 0 saturated carbocycles. The Bertz CT molecular complexity index is 838. The average Bonchev–Trinajstić information content (AvgIpc) is 3.14. The quantitative estimate of drug-likeness (QED) is 0.372. The van der Waals surface area contributed by atoms with E-state index in [9.17, 15) is 4.79 Å². The number of unbranched alkanes of at least 4 members (excludes halogenated alkanes) is 2. The number of esters is 1. The van der Waals surface area contributed by atoms with Crippen LogP contribution in [0.5, 0.6) is 0 Å². The van der Waals surface area contributed by atoms with E-state index in [-0.39, 0.29) is 18.0 Å². The van der Waals surface area contributed by atoms with Crippen molar-refractivity contribution in [2.24, 2.45) is 7.05 Å². The molecule has 29 heavy (non-hydrogen) atoms. The summed E-state index contributed by atoms with van der Waals surface area (Å²) in [6.07, 6.45) is 6.63. The zero-order chi connectivity index (χ0) is 20.5. The number of rotatable bonds is 10. The molecule has 2 aromatic carbocycles. The van der Waals surface area contributed by atoms with E-state index < -0.39 is 0 Å². The standard InChI is InChI=1S/C24H29N3O2/c1-19(28)29-23(17-11-5-10-16-22-18-27(2)26-25-22)24(20-12-6-3-7-13-20)21-14-8-4-9-15-21/h3-4,6-9,12-15,18,23-24H,5,10-11,16-17H2,1-2H3. The van der Waals surface area contributed by atoms with Crippen LogP contribution in [0, 0.1) is 0 Å². The monoisotopic (exact) mass is 391 g/mol. The van der Waals surface area contributed by atoms with Gasteiger partial charge in [-0.15, -0.1) is 5.10 Å². The van der Waals surface area contributed by atoms with Crippen LogP contribution in [-0.4, -0.2) is 27.1 Å². The van der Waals surface area contributed by atoms with Crippen LogP contribution >= 0.6 is 0 Å². The van der Waals surface area contributed by atoms with Gasteiger partial charge < -0.3 is 4.74 Å². The highest BCUT2D eigenvalue weighted by atomic mass is 16.5. The summed E-state index contributed by atoms with van der Waals surface area (Å²) in [4.78, 5) is 11.9. The summed E-state index contributed by atoms with van der Waals surface area (Å²) in [5.74, 6) is -0.201. The van der Waals surface area contributed by atoms with Crippen molar-refractivity contribution in [2.45, 2.75) is 51.0 Å². The minimum atomic E-state index is -0.230. The average molecular weight is 392 g/mol. The second-order valence-corrected chi connectivity index (χ2v) is 7.43. The lowest BCUT2D eigenvalue weighted by Gasteiger charge is -2.28. The third kappa shape index (κ3) is 6.28. The van der Waals surface area contributed by atoms with Gasteiger partial charge in [0.25, 0.3) is 0 Å². The third-order valence-electron chi connectivity index (χ3n) is 5.08. The lowest BCUT2D eigenvalue weighted by Crippen LogP contribution is -2.25. The zero-order valence-corrected chi connectivity index (χ0v) is 17.2. The molecule has 0 fully saturated rings. The van der Waals surface area contributed by atoms with Gasteiger partial charge in [-0.05, 0) is 36.8 Å². The van der Waals surface area contributed by atoms with Crippen molar-refractivity contribution in [3.8, 4) is 0 Å². The van der Waals surface area contributed by atoms with Gasteiger partial charge in [0, 0.05) is 26.1 Å². The van der Waals surface area contributed by atoms with Crippen molar-refractivity contribution in [3.63, 3.8) is 0 Å². The number of aryl methyl sites for hydroxylation is 2. The van der Waals surface area contributed by atoms with E-state index in [2.05, 4.69) is 34.6 Å². The molecule has 0 spiro atoms. The molecule has 0 aliphatic rings. The van der Waals surface area contributed by atoms with Gasteiger partial charge in [0.05, 0.1) is 5.69 Å². The van der Waals surface area contributed by atoms with Crippen molar-refractivity contribution in [3.05, 3.63) is 83.7 Å². The van der Waals surface area contributed by atoms with E-state index in [1.54, 1.807) is 4.68 Å². The number of hydrogen-bond donors (Lipinski definition) is 0. The molecule has 152 valence electrons. The highest BCUT2D eigenvalue weighted by molar-refractivity contribution is 5.66. The van der Waals surface area contributed by atoms with E-state index in [1.807, 2.05) is 49.6 Å². The topological polar surface area (TPSA) is 57.0 Å². The Hall–Kier alpha value is -2.95. The Balaban J connectivity index is 1.67. The number of hydrogen-bond acceptors (Lipinski definition) is 4. The van der Waals surface area contributed by atoms with Crippen LogP contribution in [0.2, 0.25) is 0 Å². The van der Waals surface area contributed by atoms with E-state index in [4.69, 9.17) is 4.74 Å². The molecule has 0 amide bonds. The van der Waals surface area contributed by atoms with E-state index >= 15 is 0 Å². The van der Waals surface area contributed by atoms with E-state index in [1.165, 1.54) is 18.1 Å². The first-order chi connectivity index (χ1) is 14.1. The summed E-state index contributed by atoms with van der Waals surface area (Å²) in [7, 11) is 1.88. The minimum Gasteiger partial charge on any atom is -0.462 e. The number of carbonyl (C=O) groups is 1. The largest absolute Gasteiger partial charge is 0.462 e. The van der Waals surface area contributed by atoms with Crippen molar-refractivity contribution < 1.29 is 9.53 Å². The lowest BCUT2D eigenvalue weighted by molar-refractivity contribution is -0.147. The normalized spacial score (nSPS) is 12.1. The SMILES string of the molecule is CC(=O)OC(CCCCCc1cn(C)nn1)C(c1ccccc1)c1ccccc1. The lowest BCUT2D eigenvalue weighted by atomic mass is 9.84. The molecule has 1 unspecified atom stereocenters. The second-order valence-electron chi connectivity index (χ2n) is 7.43. The molecule has 1 atom stereocenters. The van der Waals surface area contributed by atoms with Crippen LogP contribution < -0.4 is 0 Å². The van der Waals surface area contributed by atoms with Crippen molar-refractivity contribution >= 4 is 5.97 Å². The van der Waals surface area contributed by atoms with Crippen molar-refractivity contribution in [1.29, 1.82) is 0 Å². The fraction of sp³-hybridized carbons (Fsp3) is 0.375. The molecule has 0 bridgehead atoms. The predicted octanol–water partition coefficient (Wildman–Crippen LogP) is 4.68.